The fourth-order valence-corrected chi connectivity index (χ4v) is 2.96. The van der Waals surface area contributed by atoms with Gasteiger partial charge in [-0.1, -0.05) is 0 Å². The third-order valence-corrected chi connectivity index (χ3v) is 4.58. The summed E-state index contributed by atoms with van der Waals surface area (Å²) in [4.78, 5) is 49.1. The second-order valence-electron chi connectivity index (χ2n) is 5.17. The van der Waals surface area contributed by atoms with Crippen molar-refractivity contribution in [3.05, 3.63) is 54.4 Å². The average molecular weight is 366 g/mol. The molecule has 11 heteroatoms. The van der Waals surface area contributed by atoms with Gasteiger partial charge < -0.3 is 10.4 Å². The molecule has 132 valence electrons. The molecule has 0 radical (unpaired) electrons. The molecule has 0 saturated heterocycles. The number of carboxylic acids is 1. The Bertz CT molecular complexity index is 903. The number of hydrogen-bond donors (Lipinski definition) is 2. The van der Waals surface area contributed by atoms with Crippen LogP contribution in [0.25, 0.3) is 0 Å². The summed E-state index contributed by atoms with van der Waals surface area (Å²) in [5.41, 5.74) is -0.503. The molecule has 25 heavy (non-hydrogen) atoms. The van der Waals surface area contributed by atoms with E-state index in [1.54, 1.807) is 13.8 Å². The highest BCUT2D eigenvalue weighted by Gasteiger charge is 2.19. The predicted molar refractivity (Wildman–Crippen MR) is 87.7 cm³/mol. The van der Waals surface area contributed by atoms with Crippen LogP contribution in [0.4, 0.5) is 5.69 Å². The zero-order valence-electron chi connectivity index (χ0n) is 13.3. The van der Waals surface area contributed by atoms with Gasteiger partial charge in [-0.15, -0.1) is 11.3 Å². The van der Waals surface area contributed by atoms with E-state index in [1.165, 1.54) is 0 Å². The summed E-state index contributed by atoms with van der Waals surface area (Å²) in [6.07, 6.45) is 0.989. The number of pyridine rings is 1. The SMILES string of the molecule is Cc1nc(C(C)NC(=O)Cn2cc([N+](=O)[O-])ccc2=O)sc1C(=O)O. The van der Waals surface area contributed by atoms with Gasteiger partial charge in [-0.3, -0.25) is 24.3 Å². The van der Waals surface area contributed by atoms with Crippen LogP contribution in [0.15, 0.2) is 23.1 Å². The first-order valence-electron chi connectivity index (χ1n) is 7.04. The summed E-state index contributed by atoms with van der Waals surface area (Å²) in [6, 6.07) is 1.50. The highest BCUT2D eigenvalue weighted by atomic mass is 32.1. The van der Waals surface area contributed by atoms with Crippen LogP contribution in [0.1, 0.15) is 33.3 Å². The molecule has 2 N–H and O–H groups in total. The van der Waals surface area contributed by atoms with Crippen LogP contribution in [0.5, 0.6) is 0 Å². The van der Waals surface area contributed by atoms with Crippen LogP contribution in [0, 0.1) is 17.0 Å². The standard InChI is InChI=1S/C14H14N4O6S/c1-7-12(14(21)22)25-13(16-7)8(2)15-10(19)6-17-5-9(18(23)24)3-4-11(17)20/h3-5,8H,6H2,1-2H3,(H,15,19)(H,21,22). The summed E-state index contributed by atoms with van der Waals surface area (Å²) in [5.74, 6) is -1.65. The number of carboxylic acid groups (broad SMARTS) is 1. The molecule has 0 aliphatic rings. The average Bonchev–Trinajstić information content (AvgIpc) is 2.91. The van der Waals surface area contributed by atoms with Crippen molar-refractivity contribution < 1.29 is 19.6 Å². The number of aromatic nitrogens is 2. The fourth-order valence-electron chi connectivity index (χ4n) is 2.05. The smallest absolute Gasteiger partial charge is 0.347 e. The molecule has 2 aromatic heterocycles. The minimum Gasteiger partial charge on any atom is -0.477 e. The number of nitro groups is 1. The monoisotopic (exact) mass is 366 g/mol. The lowest BCUT2D eigenvalue weighted by molar-refractivity contribution is -0.385. The van der Waals surface area contributed by atoms with Crippen LogP contribution in [0.2, 0.25) is 0 Å². The first kappa shape index (κ1) is 18.3. The van der Waals surface area contributed by atoms with Crippen LogP contribution in [0.3, 0.4) is 0 Å². The quantitative estimate of drug-likeness (QED) is 0.575. The molecule has 2 aromatic rings. The van der Waals surface area contributed by atoms with Crippen molar-refractivity contribution in [3.8, 4) is 0 Å². The minimum atomic E-state index is -1.09. The molecule has 0 fully saturated rings. The van der Waals surface area contributed by atoms with E-state index in [2.05, 4.69) is 10.3 Å². The molecule has 2 heterocycles. The maximum atomic E-state index is 12.1. The maximum absolute atomic E-state index is 12.1. The summed E-state index contributed by atoms with van der Waals surface area (Å²) < 4.78 is 0.927. The van der Waals surface area contributed by atoms with Gasteiger partial charge >= 0.3 is 5.97 Å². The van der Waals surface area contributed by atoms with Crippen LogP contribution >= 0.6 is 11.3 Å². The number of thiazole rings is 1. The van der Waals surface area contributed by atoms with E-state index in [1.807, 2.05) is 0 Å². The Labute approximate surface area is 144 Å². The minimum absolute atomic E-state index is 0.0889. The molecule has 10 nitrogen and oxygen atoms in total. The number of hydrogen-bond acceptors (Lipinski definition) is 7. The molecular weight excluding hydrogens is 352 g/mol. The number of aryl methyl sites for hydroxylation is 1. The van der Waals surface area contributed by atoms with Gasteiger partial charge in [0, 0.05) is 12.1 Å². The fraction of sp³-hybridized carbons (Fsp3) is 0.286. The van der Waals surface area contributed by atoms with Gasteiger partial charge in [-0.2, -0.15) is 0 Å². The summed E-state index contributed by atoms with van der Waals surface area (Å²) in [7, 11) is 0. The lowest BCUT2D eigenvalue weighted by Gasteiger charge is -2.12. The van der Waals surface area contributed by atoms with E-state index < -0.39 is 34.9 Å². The summed E-state index contributed by atoms with van der Waals surface area (Å²) in [6.45, 7) is 2.78. The summed E-state index contributed by atoms with van der Waals surface area (Å²) in [5, 5.41) is 22.8. The Hall–Kier alpha value is -3.08. The third kappa shape index (κ3) is 4.26. The molecule has 1 unspecified atom stereocenters. The van der Waals surface area contributed by atoms with Crippen molar-refractivity contribution in [3.63, 3.8) is 0 Å². The number of carbonyl (C=O) groups is 2. The molecule has 2 rings (SSSR count). The van der Waals surface area contributed by atoms with Crippen LogP contribution in [-0.4, -0.2) is 31.5 Å². The van der Waals surface area contributed by atoms with Gasteiger partial charge in [0.25, 0.3) is 11.2 Å². The normalized spacial score (nSPS) is 11.8. The first-order chi connectivity index (χ1) is 11.7. The van der Waals surface area contributed by atoms with E-state index in [0.29, 0.717) is 10.7 Å². The van der Waals surface area contributed by atoms with Gasteiger partial charge in [-0.25, -0.2) is 9.78 Å². The Balaban J connectivity index is 2.11. The number of carbonyl (C=O) groups excluding carboxylic acids is 1. The molecule has 0 spiro atoms. The van der Waals surface area contributed by atoms with Gasteiger partial charge in [0.15, 0.2) is 0 Å². The predicted octanol–water partition coefficient (Wildman–Crippen LogP) is 1.10. The van der Waals surface area contributed by atoms with Crippen molar-refractivity contribution in [2.75, 3.05) is 0 Å². The number of rotatable bonds is 6. The number of amides is 1. The molecule has 1 atom stereocenters. The van der Waals surface area contributed by atoms with Gasteiger partial charge in [0.05, 0.1) is 22.9 Å². The molecule has 0 aliphatic carbocycles. The number of nitrogens with one attached hydrogen (secondary N) is 1. The lowest BCUT2D eigenvalue weighted by Crippen LogP contribution is -2.33. The van der Waals surface area contributed by atoms with Crippen LogP contribution in [-0.2, 0) is 11.3 Å². The van der Waals surface area contributed by atoms with Crippen molar-refractivity contribution >= 4 is 28.9 Å². The third-order valence-electron chi connectivity index (χ3n) is 3.25. The van der Waals surface area contributed by atoms with Gasteiger partial charge in [0.2, 0.25) is 5.91 Å². The topological polar surface area (TPSA) is 144 Å². The highest BCUT2D eigenvalue weighted by molar-refractivity contribution is 7.13. The Kier molecular flexibility index (Phi) is 5.27. The maximum Gasteiger partial charge on any atom is 0.347 e. The molecule has 0 saturated carbocycles. The molecule has 1 amide bonds. The van der Waals surface area contributed by atoms with E-state index in [-0.39, 0.29) is 10.6 Å². The van der Waals surface area contributed by atoms with Crippen molar-refractivity contribution in [2.24, 2.45) is 0 Å². The van der Waals surface area contributed by atoms with Crippen molar-refractivity contribution in [1.29, 1.82) is 0 Å². The second kappa shape index (κ2) is 7.21. The zero-order chi connectivity index (χ0) is 18.7. The van der Waals surface area contributed by atoms with Crippen LogP contribution < -0.4 is 10.9 Å². The Morgan fingerprint density at radius 3 is 2.72 bits per heavy atom. The second-order valence-corrected chi connectivity index (χ2v) is 6.20. The number of nitrogens with zero attached hydrogens (tertiary/aromatic N) is 3. The van der Waals surface area contributed by atoms with E-state index in [4.69, 9.17) is 5.11 Å². The molecule has 0 bridgehead atoms. The highest BCUT2D eigenvalue weighted by Crippen LogP contribution is 2.23. The first-order valence-corrected chi connectivity index (χ1v) is 7.85. The Morgan fingerprint density at radius 2 is 2.16 bits per heavy atom. The molecule has 0 aromatic carbocycles. The Morgan fingerprint density at radius 1 is 1.48 bits per heavy atom. The largest absolute Gasteiger partial charge is 0.477 e. The lowest BCUT2D eigenvalue weighted by atomic mass is 10.3. The van der Waals surface area contributed by atoms with E-state index in [0.717, 1.165) is 34.2 Å². The van der Waals surface area contributed by atoms with Gasteiger partial charge in [-0.05, 0) is 13.8 Å². The van der Waals surface area contributed by atoms with E-state index in [9.17, 15) is 24.5 Å². The number of aromatic carboxylic acids is 1. The summed E-state index contributed by atoms with van der Waals surface area (Å²) >= 11 is 0.950. The zero-order valence-corrected chi connectivity index (χ0v) is 14.1. The van der Waals surface area contributed by atoms with Crippen molar-refractivity contribution in [2.45, 2.75) is 26.4 Å². The van der Waals surface area contributed by atoms with Gasteiger partial charge in [0.1, 0.15) is 16.4 Å². The molecular formula is C14H14N4O6S. The van der Waals surface area contributed by atoms with E-state index >= 15 is 0 Å². The van der Waals surface area contributed by atoms with Crippen molar-refractivity contribution in [1.82, 2.24) is 14.9 Å². The molecule has 0 aliphatic heterocycles.